The van der Waals surface area contributed by atoms with Crippen molar-refractivity contribution < 1.29 is 24.0 Å². The minimum atomic E-state index is -0.624. The number of nitrogens with zero attached hydrogens (tertiary/aromatic N) is 4. The number of thiocarbonyl (C=S) groups is 1. The summed E-state index contributed by atoms with van der Waals surface area (Å²) >= 11 is 4.49. The van der Waals surface area contributed by atoms with E-state index in [2.05, 4.69) is 32.8 Å². The maximum Gasteiger partial charge on any atom is 0.414 e. The van der Waals surface area contributed by atoms with E-state index >= 15 is 0 Å². The Morgan fingerprint density at radius 3 is 2.80 bits per heavy atom. The van der Waals surface area contributed by atoms with Gasteiger partial charge in [-0.2, -0.15) is 0 Å². The largest absolute Gasteiger partial charge is 0.487 e. The molecule has 1 aromatic heterocycles. The molecule has 1 aromatic carbocycles. The maximum atomic E-state index is 14.4. The first kappa shape index (κ1) is 21.1. The number of cyclic esters (lactones) is 1. The molecule has 1 unspecified atom stereocenters. The minimum Gasteiger partial charge on any atom is -0.487 e. The maximum absolute atomic E-state index is 14.4. The molecule has 0 aliphatic carbocycles. The number of benzene rings is 1. The first-order valence-electron chi connectivity index (χ1n) is 8.77. The van der Waals surface area contributed by atoms with Crippen molar-refractivity contribution in [1.82, 2.24) is 15.3 Å². The normalized spacial score (nSPS) is 15.6. The molecule has 11 nitrogen and oxygen atoms in total. The molecule has 1 saturated heterocycles. The number of anilines is 2. The fraction of sp³-hybridized carbons (Fsp3) is 0.294. The van der Waals surface area contributed by atoms with Gasteiger partial charge in [0.05, 0.1) is 29.4 Å². The van der Waals surface area contributed by atoms with E-state index in [1.807, 2.05) is 0 Å². The molecule has 3 N–H and O–H groups in total. The lowest BCUT2D eigenvalue weighted by atomic mass is 10.2. The smallest absolute Gasteiger partial charge is 0.414 e. The molecule has 0 radical (unpaired) electrons. The van der Waals surface area contributed by atoms with E-state index in [9.17, 15) is 19.3 Å². The van der Waals surface area contributed by atoms with Gasteiger partial charge in [-0.15, -0.1) is 0 Å². The minimum absolute atomic E-state index is 0.143. The molecule has 2 heterocycles. The quantitative estimate of drug-likeness (QED) is 0.319. The Hall–Kier alpha value is -3.61. The summed E-state index contributed by atoms with van der Waals surface area (Å²) < 4.78 is 19.6. The standard InChI is InChI=1S/C17H17FN6O5S/c18-13-5-10(23-9-12(29-17(23)26)8-22-16(25)30)1-2-14(13)19-4-3-15-20-6-11(7-21-15)24(27)28/h1-2,5-7,12,19H,3-4,8-9H2,(H2,22,25,30). The number of ether oxygens (including phenoxy) is 1. The van der Waals surface area contributed by atoms with Crippen molar-refractivity contribution in [1.29, 1.82) is 0 Å². The summed E-state index contributed by atoms with van der Waals surface area (Å²) in [6.45, 7) is 0.622. The lowest BCUT2D eigenvalue weighted by Crippen LogP contribution is -2.33. The molecule has 13 heteroatoms. The molecule has 1 aliphatic heterocycles. The molecule has 1 fully saturated rings. The second kappa shape index (κ2) is 9.26. The Morgan fingerprint density at radius 1 is 1.43 bits per heavy atom. The predicted molar refractivity (Wildman–Crippen MR) is 108 cm³/mol. The van der Waals surface area contributed by atoms with Gasteiger partial charge < -0.3 is 20.5 Å². The highest BCUT2D eigenvalue weighted by Crippen LogP contribution is 2.26. The number of hydrogen-bond acceptors (Lipinski definition) is 8. The molecule has 30 heavy (non-hydrogen) atoms. The fourth-order valence-corrected chi connectivity index (χ4v) is 2.82. The van der Waals surface area contributed by atoms with Crippen molar-refractivity contribution in [3.8, 4) is 0 Å². The number of rotatable bonds is 8. The van der Waals surface area contributed by atoms with Crippen LogP contribution in [0.2, 0.25) is 0 Å². The highest BCUT2D eigenvalue weighted by molar-refractivity contribution is 7.79. The van der Waals surface area contributed by atoms with Gasteiger partial charge in [-0.3, -0.25) is 15.0 Å². The van der Waals surface area contributed by atoms with E-state index in [-0.39, 0.29) is 24.5 Å². The van der Waals surface area contributed by atoms with Crippen molar-refractivity contribution in [2.75, 3.05) is 29.9 Å². The second-order valence-corrected chi connectivity index (χ2v) is 6.64. The van der Waals surface area contributed by atoms with E-state index in [1.165, 1.54) is 17.0 Å². The van der Waals surface area contributed by atoms with Crippen LogP contribution in [0.25, 0.3) is 0 Å². The van der Waals surface area contributed by atoms with Crippen molar-refractivity contribution in [3.63, 3.8) is 0 Å². The average Bonchev–Trinajstić information content (AvgIpc) is 3.08. The number of nitro groups is 1. The third kappa shape index (κ3) is 5.26. The summed E-state index contributed by atoms with van der Waals surface area (Å²) in [6, 6.07) is 4.27. The number of aliphatic hydroxyl groups is 1. The van der Waals surface area contributed by atoms with E-state index in [4.69, 9.17) is 9.84 Å². The monoisotopic (exact) mass is 436 g/mol. The molecular weight excluding hydrogens is 419 g/mol. The third-order valence-electron chi connectivity index (χ3n) is 4.19. The van der Waals surface area contributed by atoms with Crippen LogP contribution < -0.4 is 15.5 Å². The topological polar surface area (TPSA) is 143 Å². The number of halogens is 1. The Labute approximate surface area is 175 Å². The van der Waals surface area contributed by atoms with Crippen molar-refractivity contribution in [2.24, 2.45) is 0 Å². The van der Waals surface area contributed by atoms with Crippen LogP contribution in [0, 0.1) is 15.9 Å². The van der Waals surface area contributed by atoms with Crippen LogP contribution in [0.5, 0.6) is 0 Å². The van der Waals surface area contributed by atoms with Crippen LogP contribution in [0.15, 0.2) is 30.6 Å². The van der Waals surface area contributed by atoms with Crippen LogP contribution in [-0.4, -0.2) is 57.0 Å². The zero-order valence-electron chi connectivity index (χ0n) is 15.4. The number of carbonyl (C=O) groups excluding carboxylic acids is 1. The molecule has 1 aliphatic rings. The van der Waals surface area contributed by atoms with Gasteiger partial charge in [0.1, 0.15) is 30.1 Å². The molecular formula is C17H17FN6O5S. The Morgan fingerprint density at radius 2 is 2.17 bits per heavy atom. The van der Waals surface area contributed by atoms with Crippen LogP contribution in [0.1, 0.15) is 5.82 Å². The summed E-state index contributed by atoms with van der Waals surface area (Å²) in [5.74, 6) is -0.185. The predicted octanol–water partition coefficient (Wildman–Crippen LogP) is 1.94. The van der Waals surface area contributed by atoms with Crippen molar-refractivity contribution in [2.45, 2.75) is 12.5 Å². The van der Waals surface area contributed by atoms with Gasteiger partial charge in [-0.05, 0) is 30.4 Å². The van der Waals surface area contributed by atoms with Crippen LogP contribution in [0.3, 0.4) is 0 Å². The van der Waals surface area contributed by atoms with Gasteiger partial charge >= 0.3 is 11.8 Å². The fourth-order valence-electron chi connectivity index (χ4n) is 2.74. The van der Waals surface area contributed by atoms with Gasteiger partial charge in [0.2, 0.25) is 0 Å². The Kier molecular flexibility index (Phi) is 6.51. The van der Waals surface area contributed by atoms with E-state index in [0.29, 0.717) is 24.5 Å². The first-order valence-corrected chi connectivity index (χ1v) is 9.18. The van der Waals surface area contributed by atoms with Gasteiger partial charge in [-0.25, -0.2) is 19.2 Å². The Balaban J connectivity index is 1.55. The lowest BCUT2D eigenvalue weighted by Gasteiger charge is -2.15. The number of amides is 1. The lowest BCUT2D eigenvalue weighted by molar-refractivity contribution is -0.385. The highest BCUT2D eigenvalue weighted by atomic mass is 32.1. The molecule has 0 bridgehead atoms. The van der Waals surface area contributed by atoms with Crippen LogP contribution in [0.4, 0.5) is 26.2 Å². The summed E-state index contributed by atoms with van der Waals surface area (Å²) in [4.78, 5) is 31.1. The molecule has 158 valence electrons. The second-order valence-electron chi connectivity index (χ2n) is 6.26. The molecule has 0 saturated carbocycles. The number of aromatic nitrogens is 2. The average molecular weight is 436 g/mol. The molecule has 2 aromatic rings. The van der Waals surface area contributed by atoms with E-state index < -0.39 is 28.1 Å². The number of nitrogens with one attached hydrogen (secondary N) is 2. The van der Waals surface area contributed by atoms with Crippen molar-refractivity contribution >= 4 is 40.5 Å². The van der Waals surface area contributed by atoms with Crippen LogP contribution >= 0.6 is 12.2 Å². The summed E-state index contributed by atoms with van der Waals surface area (Å²) in [6.07, 6.45) is 1.40. The zero-order chi connectivity index (χ0) is 21.7. The first-order chi connectivity index (χ1) is 14.3. The molecule has 3 rings (SSSR count). The van der Waals surface area contributed by atoms with Crippen LogP contribution in [-0.2, 0) is 11.2 Å². The summed E-state index contributed by atoms with van der Waals surface area (Å²) in [7, 11) is 0. The number of carbonyl (C=O) groups is 1. The van der Waals surface area contributed by atoms with Gasteiger partial charge in [0, 0.05) is 13.0 Å². The van der Waals surface area contributed by atoms with Crippen molar-refractivity contribution in [3.05, 3.63) is 52.3 Å². The molecule has 0 spiro atoms. The van der Waals surface area contributed by atoms with Gasteiger partial charge in [0.25, 0.3) is 5.17 Å². The number of hydrogen-bond donors (Lipinski definition) is 3. The SMILES string of the molecule is O=C1OC(CNC(O)=S)CN1c1ccc(NCCc2ncc([N+](=O)[O-])cn2)c(F)c1. The summed E-state index contributed by atoms with van der Waals surface area (Å²) in [5, 5.41) is 24.6. The summed E-state index contributed by atoms with van der Waals surface area (Å²) in [5.41, 5.74) is 0.346. The van der Waals surface area contributed by atoms with E-state index in [1.54, 1.807) is 6.07 Å². The highest BCUT2D eigenvalue weighted by Gasteiger charge is 2.32. The van der Waals surface area contributed by atoms with Gasteiger partial charge in [0.15, 0.2) is 0 Å². The zero-order valence-corrected chi connectivity index (χ0v) is 16.3. The Bertz CT molecular complexity index is 960. The molecule has 1 atom stereocenters. The molecule has 1 amide bonds. The third-order valence-corrected chi connectivity index (χ3v) is 4.33. The van der Waals surface area contributed by atoms with E-state index in [0.717, 1.165) is 12.4 Å². The number of aliphatic hydroxyl groups excluding tert-OH is 1. The van der Waals surface area contributed by atoms with Gasteiger partial charge in [-0.1, -0.05) is 0 Å².